The highest BCUT2D eigenvalue weighted by molar-refractivity contribution is 5.69. The van der Waals surface area contributed by atoms with Crippen molar-refractivity contribution in [3.63, 3.8) is 0 Å². The molecule has 0 fully saturated rings. The van der Waals surface area contributed by atoms with Crippen LogP contribution < -0.4 is 0 Å². The fourth-order valence-corrected chi connectivity index (χ4v) is 7.00. The van der Waals surface area contributed by atoms with Crippen LogP contribution in [0.1, 0.15) is 195 Å². The van der Waals surface area contributed by atoms with Gasteiger partial charge < -0.3 is 33.3 Å². The maximum Gasteiger partial charge on any atom is 0.508 e. The van der Waals surface area contributed by atoms with E-state index in [-0.39, 0.29) is 104 Å². The number of carbonyl (C=O) groups is 3. The predicted octanol–water partition coefficient (Wildman–Crippen LogP) is 15.3. The van der Waals surface area contributed by atoms with E-state index in [2.05, 4.69) is 50.0 Å². The van der Waals surface area contributed by atoms with Crippen LogP contribution in [0.15, 0.2) is 24.3 Å². The van der Waals surface area contributed by atoms with Crippen molar-refractivity contribution >= 4 is 18.1 Å². The summed E-state index contributed by atoms with van der Waals surface area (Å²) in [5, 5.41) is 0. The molecule has 0 rings (SSSR count). The van der Waals surface area contributed by atoms with Crippen LogP contribution in [0.3, 0.4) is 0 Å². The van der Waals surface area contributed by atoms with Crippen LogP contribution >= 0.6 is 0 Å². The molecule has 0 saturated heterocycles. The lowest BCUT2D eigenvalue weighted by Gasteiger charge is -2.22. The summed E-state index contributed by atoms with van der Waals surface area (Å²) >= 11 is 0. The molecule has 0 saturated carbocycles. The Morgan fingerprint density at radius 1 is 0.507 bits per heavy atom. The van der Waals surface area contributed by atoms with E-state index in [1.165, 1.54) is 19.3 Å². The predicted molar refractivity (Wildman–Crippen MR) is 257 cm³/mol. The monoisotopic (exact) mass is 1040 g/mol. The van der Waals surface area contributed by atoms with Crippen molar-refractivity contribution in [3.05, 3.63) is 24.3 Å². The zero-order valence-corrected chi connectivity index (χ0v) is 43.2. The molecule has 0 bridgehead atoms. The van der Waals surface area contributed by atoms with Crippen molar-refractivity contribution in [1.82, 2.24) is 4.90 Å². The smallest absolute Gasteiger partial charge is 0.465 e. The van der Waals surface area contributed by atoms with Gasteiger partial charge in [-0.2, -0.15) is 30.7 Å². The summed E-state index contributed by atoms with van der Waals surface area (Å²) in [6.45, 7) is 8.64. The maximum atomic E-state index is 13.6. The number of alkyl halides is 9. The average molecular weight is 1040 g/mol. The molecule has 2 atom stereocenters. The molecule has 10 nitrogen and oxygen atoms in total. The van der Waals surface area contributed by atoms with Gasteiger partial charge in [0.15, 0.2) is 6.29 Å². The van der Waals surface area contributed by atoms with Crippen molar-refractivity contribution in [2.75, 3.05) is 59.3 Å². The van der Waals surface area contributed by atoms with Gasteiger partial charge in [0, 0.05) is 45.8 Å². The Morgan fingerprint density at radius 3 is 1.54 bits per heavy atom. The summed E-state index contributed by atoms with van der Waals surface area (Å²) in [5.41, 5.74) is 0. The van der Waals surface area contributed by atoms with Crippen LogP contribution in [0.5, 0.6) is 0 Å². The van der Waals surface area contributed by atoms with Crippen LogP contribution in [0, 0.1) is 5.92 Å². The highest BCUT2D eigenvalue weighted by Gasteiger charge is 2.56. The molecule has 418 valence electrons. The minimum absolute atomic E-state index is 0.0155. The van der Waals surface area contributed by atoms with Crippen LogP contribution in [-0.4, -0.2) is 113 Å². The number of hydrogen-bond donors (Lipinski definition) is 0. The molecule has 19 heteroatoms. The third kappa shape index (κ3) is 38.2. The van der Waals surface area contributed by atoms with Crippen molar-refractivity contribution in [2.45, 2.75) is 225 Å². The molecule has 0 aliphatic rings. The Labute approximate surface area is 418 Å². The van der Waals surface area contributed by atoms with Gasteiger partial charge >= 0.3 is 42.0 Å². The summed E-state index contributed by atoms with van der Waals surface area (Å²) < 4.78 is 150. The molecule has 0 radical (unpaired) electrons. The molecule has 0 aromatic rings. The minimum atomic E-state index is -5.63. The van der Waals surface area contributed by atoms with Gasteiger partial charge in [-0.3, -0.25) is 9.59 Å². The van der Waals surface area contributed by atoms with E-state index in [0.29, 0.717) is 25.7 Å². The number of carbonyl (C=O) groups excluding carboxylic acids is 3. The molecular weight excluding hydrogens is 954 g/mol. The van der Waals surface area contributed by atoms with Gasteiger partial charge in [-0.15, -0.1) is 0 Å². The van der Waals surface area contributed by atoms with Crippen molar-refractivity contribution < 1.29 is 82.3 Å². The molecule has 2 unspecified atom stereocenters. The number of allylic oxidation sites excluding steroid dienone is 4. The van der Waals surface area contributed by atoms with Gasteiger partial charge in [0.2, 0.25) is 0 Å². The molecule has 0 spiro atoms. The number of ether oxygens (including phenoxy) is 6. The number of nitrogens with zero attached hydrogens (tertiary/aromatic N) is 1. The van der Waals surface area contributed by atoms with Crippen molar-refractivity contribution in [3.8, 4) is 0 Å². The van der Waals surface area contributed by atoms with Crippen molar-refractivity contribution in [2.24, 2.45) is 5.92 Å². The fraction of sp³-hybridized carbons (Fsp3) is 0.865. The first-order valence-corrected chi connectivity index (χ1v) is 26.3. The number of rotatable bonds is 47. The first kappa shape index (κ1) is 67.9. The van der Waals surface area contributed by atoms with Crippen LogP contribution in [0.25, 0.3) is 0 Å². The summed E-state index contributed by atoms with van der Waals surface area (Å²) in [4.78, 5) is 40.3. The van der Waals surface area contributed by atoms with Crippen LogP contribution in [-0.2, 0) is 38.0 Å². The second-order valence-electron chi connectivity index (χ2n) is 18.2. The normalized spacial score (nSPS) is 13.6. The van der Waals surface area contributed by atoms with Gasteiger partial charge in [-0.05, 0) is 96.7 Å². The third-order valence-corrected chi connectivity index (χ3v) is 11.7. The van der Waals surface area contributed by atoms with Gasteiger partial charge in [0.05, 0.1) is 18.9 Å². The molecule has 0 aromatic carbocycles. The standard InChI is InChI=1S/C52H88F9NO9/c1-5-8-9-10-11-12-13-14-15-16-17-18-19-20-25-32-45(63)69-41-44(43-71-48(65)68-40-31-28-37-62(6-2)7-3)42-70-46(64)33-34-47(66-38-29-23-21-26-35-50(55,56)49(4,53)54)67-39-30-24-22-27-36-51(57,58)52(59,60)61/h11-12,14-15,44,47H,5-10,13,16-43H2,1-4H3/b12-11-,15-14-. The average Bonchev–Trinajstić information content (AvgIpc) is 3.31. The van der Waals surface area contributed by atoms with E-state index in [4.69, 9.17) is 28.4 Å². The molecule has 0 amide bonds. The molecule has 0 N–H and O–H groups in total. The third-order valence-electron chi connectivity index (χ3n) is 11.7. The van der Waals surface area contributed by atoms with Crippen molar-refractivity contribution in [1.29, 1.82) is 0 Å². The number of hydrogen-bond acceptors (Lipinski definition) is 10. The zero-order chi connectivity index (χ0) is 53.3. The lowest BCUT2D eigenvalue weighted by molar-refractivity contribution is -0.284. The minimum Gasteiger partial charge on any atom is -0.465 e. The van der Waals surface area contributed by atoms with Gasteiger partial charge in [0.1, 0.15) is 19.8 Å². The van der Waals surface area contributed by atoms with E-state index in [9.17, 15) is 53.9 Å². The number of unbranched alkanes of at least 4 members (excludes halogenated alkanes) is 15. The van der Waals surface area contributed by atoms with E-state index in [1.807, 2.05) is 0 Å². The highest BCUT2D eigenvalue weighted by atomic mass is 19.4. The SMILES string of the molecule is CCCCC/C=C\C/C=C\CCCCCCCC(=O)OCC(COC(=O)CCC(OCCCCCCC(F)(F)C(C)(F)F)OCCCCCCC(F)(F)C(F)(F)F)COC(=O)OCCCCN(CC)CC. The van der Waals surface area contributed by atoms with E-state index in [0.717, 1.165) is 71.0 Å². The van der Waals surface area contributed by atoms with Gasteiger partial charge in [-0.1, -0.05) is 103 Å². The Balaban J connectivity index is 5.18. The quantitative estimate of drug-likeness (QED) is 0.0146. The molecular formula is C52H88F9NO9. The maximum absolute atomic E-state index is 13.6. The van der Waals surface area contributed by atoms with Gasteiger partial charge in [0.25, 0.3) is 0 Å². The lowest BCUT2D eigenvalue weighted by atomic mass is 10.0. The van der Waals surface area contributed by atoms with E-state index < -0.39 is 67.1 Å². The van der Waals surface area contributed by atoms with E-state index in [1.54, 1.807) is 0 Å². The summed E-state index contributed by atoms with van der Waals surface area (Å²) in [6.07, 6.45) is 12.8. The molecule has 71 heavy (non-hydrogen) atoms. The highest BCUT2D eigenvalue weighted by Crippen LogP contribution is 2.39. The second-order valence-corrected chi connectivity index (χ2v) is 18.2. The van der Waals surface area contributed by atoms with E-state index >= 15 is 0 Å². The zero-order valence-electron chi connectivity index (χ0n) is 43.2. The number of halogens is 9. The second kappa shape index (κ2) is 41.3. The first-order chi connectivity index (χ1) is 33.7. The summed E-state index contributed by atoms with van der Waals surface area (Å²) in [7, 11) is 0. The molecule has 0 heterocycles. The molecule has 0 aromatic heterocycles. The van der Waals surface area contributed by atoms with Gasteiger partial charge in [-0.25, -0.2) is 13.6 Å². The largest absolute Gasteiger partial charge is 0.508 e. The Kier molecular flexibility index (Phi) is 39.5. The molecule has 0 aliphatic heterocycles. The summed E-state index contributed by atoms with van der Waals surface area (Å²) in [6, 6.07) is 0. The first-order valence-electron chi connectivity index (χ1n) is 26.3. The van der Waals surface area contributed by atoms with Crippen LogP contribution in [0.4, 0.5) is 44.3 Å². The molecule has 0 aliphatic carbocycles. The fourth-order valence-electron chi connectivity index (χ4n) is 7.00. The Hall–Kier alpha value is -3.06. The topological polar surface area (TPSA) is 110 Å². The Morgan fingerprint density at radius 2 is 0.986 bits per heavy atom. The summed E-state index contributed by atoms with van der Waals surface area (Å²) in [5.74, 6) is -14.9. The number of esters is 2. The lowest BCUT2D eigenvalue weighted by Crippen LogP contribution is -2.37. The Bertz CT molecular complexity index is 1350. The van der Waals surface area contributed by atoms with Crippen LogP contribution in [0.2, 0.25) is 0 Å².